The van der Waals surface area contributed by atoms with Crippen molar-refractivity contribution in [3.05, 3.63) is 59.4 Å². The van der Waals surface area contributed by atoms with E-state index in [-0.39, 0.29) is 34.4 Å². The van der Waals surface area contributed by atoms with E-state index in [9.17, 15) is 17.6 Å². The Labute approximate surface area is 163 Å². The van der Waals surface area contributed by atoms with Gasteiger partial charge in [0.15, 0.2) is 0 Å². The highest BCUT2D eigenvalue weighted by molar-refractivity contribution is 7.89. The van der Waals surface area contributed by atoms with Gasteiger partial charge in [0.2, 0.25) is 10.0 Å². The molecule has 1 aliphatic rings. The van der Waals surface area contributed by atoms with E-state index >= 15 is 0 Å². The largest absolute Gasteiger partial charge is 0.495 e. The molecular formula is C20H22FNO5S. The first-order chi connectivity index (χ1) is 13.4. The van der Waals surface area contributed by atoms with E-state index in [1.54, 1.807) is 12.1 Å². The molecule has 1 fully saturated rings. The first-order valence-electron chi connectivity index (χ1n) is 9.01. The SMILES string of the molecule is COc1ccc(C(=O)OCc2ccccc2F)cc1S(=O)(=O)NC1CCCC1. The molecule has 2 aromatic carbocycles. The van der Waals surface area contributed by atoms with Crippen LogP contribution in [0.1, 0.15) is 41.6 Å². The van der Waals surface area contributed by atoms with Gasteiger partial charge < -0.3 is 9.47 Å². The summed E-state index contributed by atoms with van der Waals surface area (Å²) in [6.07, 6.45) is 3.53. The molecule has 0 saturated heterocycles. The third kappa shape index (κ3) is 4.69. The molecular weight excluding hydrogens is 385 g/mol. The van der Waals surface area contributed by atoms with Crippen LogP contribution in [0.4, 0.5) is 4.39 Å². The highest BCUT2D eigenvalue weighted by Gasteiger charge is 2.27. The second kappa shape index (κ2) is 8.70. The number of benzene rings is 2. The number of hydrogen-bond acceptors (Lipinski definition) is 5. The van der Waals surface area contributed by atoms with Crippen LogP contribution in [0.5, 0.6) is 5.75 Å². The monoisotopic (exact) mass is 407 g/mol. The van der Waals surface area contributed by atoms with E-state index in [4.69, 9.17) is 9.47 Å². The molecule has 0 heterocycles. The third-order valence-corrected chi connectivity index (χ3v) is 6.22. The van der Waals surface area contributed by atoms with Gasteiger partial charge in [0.25, 0.3) is 0 Å². The molecule has 0 unspecified atom stereocenters. The van der Waals surface area contributed by atoms with Gasteiger partial charge >= 0.3 is 5.97 Å². The maximum Gasteiger partial charge on any atom is 0.338 e. The zero-order valence-corrected chi connectivity index (χ0v) is 16.3. The van der Waals surface area contributed by atoms with Crippen molar-refractivity contribution in [3.63, 3.8) is 0 Å². The number of esters is 1. The van der Waals surface area contributed by atoms with Crippen molar-refractivity contribution >= 4 is 16.0 Å². The maximum atomic E-state index is 13.7. The molecule has 150 valence electrons. The topological polar surface area (TPSA) is 81.7 Å². The minimum absolute atomic E-state index is 0.0453. The highest BCUT2D eigenvalue weighted by atomic mass is 32.2. The molecule has 3 rings (SSSR count). The zero-order chi connectivity index (χ0) is 20.1. The van der Waals surface area contributed by atoms with Gasteiger partial charge in [-0.2, -0.15) is 0 Å². The minimum atomic E-state index is -3.86. The average molecular weight is 407 g/mol. The molecule has 0 atom stereocenters. The molecule has 0 amide bonds. The predicted octanol–water partition coefficient (Wildman–Crippen LogP) is 3.41. The molecule has 1 N–H and O–H groups in total. The summed E-state index contributed by atoms with van der Waals surface area (Å²) < 4.78 is 52.2. The van der Waals surface area contributed by atoms with Gasteiger partial charge in [-0.3, -0.25) is 0 Å². The van der Waals surface area contributed by atoms with Crippen LogP contribution in [-0.4, -0.2) is 27.5 Å². The number of ether oxygens (including phenoxy) is 2. The van der Waals surface area contributed by atoms with E-state index in [2.05, 4.69) is 4.72 Å². The Kier molecular flexibility index (Phi) is 6.31. The summed E-state index contributed by atoms with van der Waals surface area (Å²) in [5.41, 5.74) is 0.282. The van der Waals surface area contributed by atoms with Crippen LogP contribution in [0.25, 0.3) is 0 Å². The molecule has 0 spiro atoms. The van der Waals surface area contributed by atoms with E-state index in [1.165, 1.54) is 37.4 Å². The maximum absolute atomic E-state index is 13.7. The number of carbonyl (C=O) groups excluding carboxylic acids is 1. The Morgan fingerprint density at radius 1 is 1.18 bits per heavy atom. The van der Waals surface area contributed by atoms with E-state index in [0.29, 0.717) is 0 Å². The fourth-order valence-electron chi connectivity index (χ4n) is 3.18. The summed E-state index contributed by atoms with van der Waals surface area (Å²) in [6.45, 7) is -0.250. The van der Waals surface area contributed by atoms with Crippen molar-refractivity contribution < 1.29 is 27.1 Å². The van der Waals surface area contributed by atoms with Gasteiger partial charge in [-0.1, -0.05) is 31.0 Å². The number of rotatable bonds is 7. The summed E-state index contributed by atoms with van der Waals surface area (Å²) >= 11 is 0. The van der Waals surface area contributed by atoms with Crippen LogP contribution >= 0.6 is 0 Å². The molecule has 2 aromatic rings. The van der Waals surface area contributed by atoms with Crippen LogP contribution < -0.4 is 9.46 Å². The highest BCUT2D eigenvalue weighted by Crippen LogP contribution is 2.27. The number of nitrogens with one attached hydrogen (secondary N) is 1. The second-order valence-electron chi connectivity index (χ2n) is 6.64. The number of carbonyl (C=O) groups is 1. The van der Waals surface area contributed by atoms with Crippen molar-refractivity contribution in [3.8, 4) is 5.75 Å². The molecule has 6 nitrogen and oxygen atoms in total. The van der Waals surface area contributed by atoms with Gasteiger partial charge in [-0.25, -0.2) is 22.3 Å². The van der Waals surface area contributed by atoms with E-state index in [0.717, 1.165) is 25.7 Å². The summed E-state index contributed by atoms with van der Waals surface area (Å²) in [7, 11) is -2.50. The second-order valence-corrected chi connectivity index (χ2v) is 8.32. The normalized spacial score (nSPS) is 14.8. The smallest absolute Gasteiger partial charge is 0.338 e. The lowest BCUT2D eigenvalue weighted by Crippen LogP contribution is -2.33. The van der Waals surface area contributed by atoms with Crippen molar-refractivity contribution in [2.24, 2.45) is 0 Å². The lowest BCUT2D eigenvalue weighted by Gasteiger charge is -2.15. The minimum Gasteiger partial charge on any atom is -0.495 e. The van der Waals surface area contributed by atoms with Gasteiger partial charge in [-0.05, 0) is 37.1 Å². The Morgan fingerprint density at radius 2 is 1.89 bits per heavy atom. The first-order valence-corrected chi connectivity index (χ1v) is 10.5. The van der Waals surface area contributed by atoms with Crippen LogP contribution in [-0.2, 0) is 21.4 Å². The number of sulfonamides is 1. The molecule has 1 saturated carbocycles. The van der Waals surface area contributed by atoms with Crippen LogP contribution in [0.2, 0.25) is 0 Å². The molecule has 0 bridgehead atoms. The Balaban J connectivity index is 1.79. The first kappa shape index (κ1) is 20.3. The molecule has 1 aliphatic carbocycles. The lowest BCUT2D eigenvalue weighted by molar-refractivity contribution is 0.0468. The van der Waals surface area contributed by atoms with Gasteiger partial charge in [-0.15, -0.1) is 0 Å². The fraction of sp³-hybridized carbons (Fsp3) is 0.350. The van der Waals surface area contributed by atoms with E-state index in [1.807, 2.05) is 0 Å². The number of hydrogen-bond donors (Lipinski definition) is 1. The number of halogens is 1. The Hall–Kier alpha value is -2.45. The van der Waals surface area contributed by atoms with Crippen LogP contribution in [0.15, 0.2) is 47.4 Å². The zero-order valence-electron chi connectivity index (χ0n) is 15.5. The molecule has 8 heteroatoms. The summed E-state index contributed by atoms with van der Waals surface area (Å²) in [5.74, 6) is -1.09. The van der Waals surface area contributed by atoms with Gasteiger partial charge in [0.05, 0.1) is 12.7 Å². The molecule has 0 aromatic heterocycles. The summed E-state index contributed by atoms with van der Waals surface area (Å²) in [5, 5.41) is 0. The predicted molar refractivity (Wildman–Crippen MR) is 101 cm³/mol. The number of methoxy groups -OCH3 is 1. The van der Waals surface area contributed by atoms with E-state index < -0.39 is 21.8 Å². The standard InChI is InChI=1S/C20H22FNO5S/c1-26-18-11-10-14(20(23)27-13-15-6-2-5-9-17(15)21)12-19(18)28(24,25)22-16-7-3-4-8-16/h2,5-6,9-12,16,22H,3-4,7-8,13H2,1H3. The van der Waals surface area contributed by atoms with Gasteiger partial charge in [0.1, 0.15) is 23.1 Å². The Bertz CT molecular complexity index is 955. The van der Waals surface area contributed by atoms with Crippen molar-refractivity contribution in [1.29, 1.82) is 0 Å². The quantitative estimate of drug-likeness (QED) is 0.712. The molecule has 28 heavy (non-hydrogen) atoms. The van der Waals surface area contributed by atoms with Crippen molar-refractivity contribution in [2.75, 3.05) is 7.11 Å². The Morgan fingerprint density at radius 3 is 2.57 bits per heavy atom. The average Bonchev–Trinajstić information content (AvgIpc) is 3.19. The van der Waals surface area contributed by atoms with Crippen LogP contribution in [0, 0.1) is 5.82 Å². The molecule has 0 radical (unpaired) electrons. The van der Waals surface area contributed by atoms with Crippen molar-refractivity contribution in [2.45, 2.75) is 43.2 Å². The molecule has 0 aliphatic heterocycles. The fourth-order valence-corrected chi connectivity index (χ4v) is 4.68. The van der Waals surface area contributed by atoms with Gasteiger partial charge in [0, 0.05) is 11.6 Å². The van der Waals surface area contributed by atoms with Crippen molar-refractivity contribution in [1.82, 2.24) is 4.72 Å². The summed E-state index contributed by atoms with van der Waals surface area (Å²) in [6, 6.07) is 9.89. The van der Waals surface area contributed by atoms with Crippen LogP contribution in [0.3, 0.4) is 0 Å². The lowest BCUT2D eigenvalue weighted by atomic mass is 10.2. The third-order valence-electron chi connectivity index (χ3n) is 4.68. The summed E-state index contributed by atoms with van der Waals surface area (Å²) in [4.78, 5) is 12.2.